The van der Waals surface area contributed by atoms with Crippen molar-refractivity contribution in [1.82, 2.24) is 5.32 Å². The Morgan fingerprint density at radius 2 is 1.95 bits per heavy atom. The van der Waals surface area contributed by atoms with Gasteiger partial charge in [0.1, 0.15) is 0 Å². The van der Waals surface area contributed by atoms with Gasteiger partial charge >= 0.3 is 0 Å². The second-order valence-electron chi connectivity index (χ2n) is 6.84. The van der Waals surface area contributed by atoms with E-state index in [1.54, 1.807) is 0 Å². The maximum Gasteiger partial charge on any atom is 0.0897 e. The quantitative estimate of drug-likeness (QED) is 0.573. The van der Waals surface area contributed by atoms with Gasteiger partial charge < -0.3 is 15.2 Å². The van der Waals surface area contributed by atoms with Crippen LogP contribution < -0.4 is 5.32 Å². The first-order chi connectivity index (χ1) is 10.1. The molecule has 0 spiro atoms. The summed E-state index contributed by atoms with van der Waals surface area (Å²) < 4.78 is 5.94. The van der Waals surface area contributed by atoms with E-state index < -0.39 is 0 Å². The average molecular weight is 318 g/mol. The molecule has 2 N–H and O–H groups in total. The lowest BCUT2D eigenvalue weighted by Gasteiger charge is -2.36. The van der Waals surface area contributed by atoms with E-state index in [9.17, 15) is 5.11 Å². The van der Waals surface area contributed by atoms with Gasteiger partial charge in [-0.15, -0.1) is 0 Å². The molecule has 0 amide bonds. The van der Waals surface area contributed by atoms with Crippen LogP contribution >= 0.6 is 11.8 Å². The molecule has 0 aromatic rings. The van der Waals surface area contributed by atoms with E-state index in [0.29, 0.717) is 17.9 Å². The van der Waals surface area contributed by atoms with Crippen LogP contribution in [0, 0.1) is 5.92 Å². The van der Waals surface area contributed by atoms with E-state index in [4.69, 9.17) is 4.74 Å². The van der Waals surface area contributed by atoms with Crippen LogP contribution in [-0.4, -0.2) is 48.5 Å². The average Bonchev–Trinajstić information content (AvgIpc) is 2.47. The highest BCUT2D eigenvalue weighted by Gasteiger charge is 2.30. The standard InChI is InChI=1S/C17H35NO2S/c1-15(2)8-7-11-20-13-16(19)12-18-14-17(21-3)9-5-4-6-10-17/h15-16,18-19H,4-14H2,1-3H3. The van der Waals surface area contributed by atoms with E-state index >= 15 is 0 Å². The van der Waals surface area contributed by atoms with Crippen molar-refractivity contribution in [1.29, 1.82) is 0 Å². The van der Waals surface area contributed by atoms with Crippen molar-refractivity contribution in [2.45, 2.75) is 69.6 Å². The topological polar surface area (TPSA) is 41.5 Å². The summed E-state index contributed by atoms with van der Waals surface area (Å²) in [6.45, 7) is 7.34. The molecule has 1 aliphatic rings. The van der Waals surface area contributed by atoms with Gasteiger partial charge in [0, 0.05) is 24.4 Å². The van der Waals surface area contributed by atoms with Gasteiger partial charge in [-0.25, -0.2) is 0 Å². The molecule has 0 aromatic heterocycles. The maximum absolute atomic E-state index is 9.95. The number of ether oxygens (including phenoxy) is 1. The van der Waals surface area contributed by atoms with E-state index in [1.807, 2.05) is 11.8 Å². The van der Waals surface area contributed by atoms with Crippen molar-refractivity contribution < 1.29 is 9.84 Å². The molecule has 1 aliphatic carbocycles. The summed E-state index contributed by atoms with van der Waals surface area (Å²) >= 11 is 2.00. The molecule has 126 valence electrons. The van der Waals surface area contributed by atoms with Crippen molar-refractivity contribution in [3.8, 4) is 0 Å². The van der Waals surface area contributed by atoms with Gasteiger partial charge in [0.05, 0.1) is 12.7 Å². The number of aliphatic hydroxyl groups excluding tert-OH is 1. The van der Waals surface area contributed by atoms with E-state index in [-0.39, 0.29) is 6.10 Å². The van der Waals surface area contributed by atoms with Crippen LogP contribution in [0.1, 0.15) is 58.8 Å². The Morgan fingerprint density at radius 1 is 1.24 bits per heavy atom. The summed E-state index contributed by atoms with van der Waals surface area (Å²) in [5.74, 6) is 0.735. The molecule has 0 saturated heterocycles. The van der Waals surface area contributed by atoms with Gasteiger partial charge in [0.15, 0.2) is 0 Å². The molecule has 1 atom stereocenters. The summed E-state index contributed by atoms with van der Waals surface area (Å²) in [5, 5.41) is 13.4. The van der Waals surface area contributed by atoms with Crippen molar-refractivity contribution in [3.63, 3.8) is 0 Å². The summed E-state index contributed by atoms with van der Waals surface area (Å²) in [6.07, 6.45) is 10.8. The third-order valence-corrected chi connectivity index (χ3v) is 5.82. The summed E-state index contributed by atoms with van der Waals surface area (Å²) in [5.41, 5.74) is 0. The minimum Gasteiger partial charge on any atom is -0.389 e. The zero-order valence-corrected chi connectivity index (χ0v) is 15.0. The van der Waals surface area contributed by atoms with E-state index in [2.05, 4.69) is 25.4 Å². The van der Waals surface area contributed by atoms with Gasteiger partial charge in [-0.1, -0.05) is 33.1 Å². The number of aliphatic hydroxyl groups is 1. The Balaban J connectivity index is 2.05. The molecule has 3 nitrogen and oxygen atoms in total. The van der Waals surface area contributed by atoms with Crippen LogP contribution in [0.15, 0.2) is 0 Å². The second kappa shape index (κ2) is 10.9. The zero-order chi connectivity index (χ0) is 15.6. The lowest BCUT2D eigenvalue weighted by molar-refractivity contribution is 0.0344. The predicted octanol–water partition coefficient (Wildman–Crippen LogP) is 3.46. The zero-order valence-electron chi connectivity index (χ0n) is 14.2. The molecule has 0 aliphatic heterocycles. The second-order valence-corrected chi connectivity index (χ2v) is 8.12. The van der Waals surface area contributed by atoms with Gasteiger partial charge in [0.2, 0.25) is 0 Å². The molecule has 1 saturated carbocycles. The fraction of sp³-hybridized carbons (Fsp3) is 1.00. The van der Waals surface area contributed by atoms with Gasteiger partial charge in [0.25, 0.3) is 0 Å². The van der Waals surface area contributed by atoms with Crippen LogP contribution in [-0.2, 0) is 4.74 Å². The molecule has 0 aromatic carbocycles. The molecular weight excluding hydrogens is 282 g/mol. The molecular formula is C17H35NO2S. The van der Waals surface area contributed by atoms with Crippen molar-refractivity contribution in [2.75, 3.05) is 32.6 Å². The molecule has 0 heterocycles. The highest BCUT2D eigenvalue weighted by Crippen LogP contribution is 2.37. The highest BCUT2D eigenvalue weighted by atomic mass is 32.2. The van der Waals surface area contributed by atoms with Crippen molar-refractivity contribution >= 4 is 11.8 Å². The van der Waals surface area contributed by atoms with Crippen LogP contribution in [0.3, 0.4) is 0 Å². The Hall–Kier alpha value is 0.230. The normalized spacial score (nSPS) is 19.9. The maximum atomic E-state index is 9.95. The molecule has 1 fully saturated rings. The minimum absolute atomic E-state index is 0.383. The molecule has 1 unspecified atom stereocenters. The number of hydrogen-bond acceptors (Lipinski definition) is 4. The van der Waals surface area contributed by atoms with Gasteiger partial charge in [-0.3, -0.25) is 0 Å². The largest absolute Gasteiger partial charge is 0.389 e. The first kappa shape index (κ1) is 19.3. The van der Waals surface area contributed by atoms with Gasteiger partial charge in [-0.2, -0.15) is 11.8 Å². The Kier molecular flexibility index (Phi) is 9.98. The van der Waals surface area contributed by atoms with Crippen LogP contribution in [0.2, 0.25) is 0 Å². The summed E-state index contributed by atoms with van der Waals surface area (Å²) in [4.78, 5) is 0. The molecule has 0 radical (unpaired) electrons. The summed E-state index contributed by atoms with van der Waals surface area (Å²) in [6, 6.07) is 0. The minimum atomic E-state index is -0.383. The van der Waals surface area contributed by atoms with Crippen LogP contribution in [0.25, 0.3) is 0 Å². The molecule has 21 heavy (non-hydrogen) atoms. The van der Waals surface area contributed by atoms with Crippen molar-refractivity contribution in [2.24, 2.45) is 5.92 Å². The van der Waals surface area contributed by atoms with Crippen LogP contribution in [0.4, 0.5) is 0 Å². The molecule has 0 bridgehead atoms. The van der Waals surface area contributed by atoms with Gasteiger partial charge in [-0.05, 0) is 37.9 Å². The highest BCUT2D eigenvalue weighted by molar-refractivity contribution is 8.00. The number of nitrogens with one attached hydrogen (secondary N) is 1. The first-order valence-electron chi connectivity index (χ1n) is 8.60. The lowest BCUT2D eigenvalue weighted by atomic mass is 9.88. The Bertz CT molecular complexity index is 255. The van der Waals surface area contributed by atoms with Crippen LogP contribution in [0.5, 0.6) is 0 Å². The number of hydrogen-bond donors (Lipinski definition) is 2. The molecule has 1 rings (SSSR count). The monoisotopic (exact) mass is 317 g/mol. The fourth-order valence-corrected chi connectivity index (χ4v) is 3.93. The Morgan fingerprint density at radius 3 is 2.57 bits per heavy atom. The number of thioether (sulfide) groups is 1. The number of rotatable bonds is 11. The van der Waals surface area contributed by atoms with E-state index in [1.165, 1.54) is 38.5 Å². The third kappa shape index (κ3) is 8.44. The first-order valence-corrected chi connectivity index (χ1v) is 9.82. The molecule has 4 heteroatoms. The van der Waals surface area contributed by atoms with Crippen molar-refractivity contribution in [3.05, 3.63) is 0 Å². The predicted molar refractivity (Wildman–Crippen MR) is 93.1 cm³/mol. The lowest BCUT2D eigenvalue weighted by Crippen LogP contribution is -2.42. The van der Waals surface area contributed by atoms with E-state index in [0.717, 1.165) is 25.5 Å². The summed E-state index contributed by atoms with van der Waals surface area (Å²) in [7, 11) is 0. The third-order valence-electron chi connectivity index (χ3n) is 4.41. The Labute approximate surface area is 135 Å². The fourth-order valence-electron chi connectivity index (χ4n) is 2.99. The smallest absolute Gasteiger partial charge is 0.0897 e. The SMILES string of the molecule is CSC1(CNCC(O)COCCCC(C)C)CCCCC1.